The van der Waals surface area contributed by atoms with Gasteiger partial charge < -0.3 is 10.4 Å². The summed E-state index contributed by atoms with van der Waals surface area (Å²) in [6.07, 6.45) is 1.01. The van der Waals surface area contributed by atoms with E-state index >= 15 is 0 Å². The summed E-state index contributed by atoms with van der Waals surface area (Å²) >= 11 is 0. The van der Waals surface area contributed by atoms with Gasteiger partial charge in [-0.1, -0.05) is 6.92 Å². The Kier molecular flexibility index (Phi) is 3.19. The second kappa shape index (κ2) is 3.53. The van der Waals surface area contributed by atoms with Crippen molar-refractivity contribution < 1.29 is 5.11 Å². The Bertz CT molecular complexity index is 61.1. The van der Waals surface area contributed by atoms with E-state index in [1.807, 2.05) is 6.92 Å². The molecule has 2 N–H and O–H groups in total. The summed E-state index contributed by atoms with van der Waals surface area (Å²) in [4.78, 5) is 0. The third kappa shape index (κ3) is 5.34. The molecule has 7 heavy (non-hydrogen) atoms. The molecule has 2 heteroatoms. The Balaban J connectivity index is 2.82. The second-order valence-corrected chi connectivity index (χ2v) is 1.37. The number of aliphatic hydroxyl groups is 1. The molecular weight excluding hydrogens is 90.1 g/mol. The third-order valence-electron chi connectivity index (χ3n) is 0.579. The van der Waals surface area contributed by atoms with E-state index in [2.05, 4.69) is 11.9 Å². The Hall–Kier alpha value is -0.660. The van der Waals surface area contributed by atoms with E-state index in [0.29, 0.717) is 0 Å². The summed E-state index contributed by atoms with van der Waals surface area (Å²) in [7, 11) is 0. The van der Waals surface area contributed by atoms with E-state index in [9.17, 15) is 0 Å². The molecule has 0 spiro atoms. The van der Waals surface area contributed by atoms with Gasteiger partial charge in [0, 0.05) is 6.54 Å². The number of rotatable bonds is 3. The van der Waals surface area contributed by atoms with E-state index in [-0.39, 0.29) is 5.88 Å². The fourth-order valence-electron chi connectivity index (χ4n) is 0.269. The number of aliphatic hydroxyl groups excluding tert-OH is 1. The number of hydrogen-bond acceptors (Lipinski definition) is 2. The van der Waals surface area contributed by atoms with Crippen LogP contribution in [0.5, 0.6) is 0 Å². The highest BCUT2D eigenvalue weighted by atomic mass is 16.3. The maximum atomic E-state index is 8.38. The van der Waals surface area contributed by atoms with Crippen LogP contribution in [-0.4, -0.2) is 11.7 Å². The van der Waals surface area contributed by atoms with Gasteiger partial charge in [-0.2, -0.15) is 0 Å². The quantitative estimate of drug-likeness (QED) is 0.520. The molecule has 0 aliphatic rings. The van der Waals surface area contributed by atoms with Crippen LogP contribution in [0.2, 0.25) is 0 Å². The average molecular weight is 101 g/mol. The summed E-state index contributed by atoms with van der Waals surface area (Å²) in [5, 5.41) is 11.0. The first kappa shape index (κ1) is 6.34. The minimum absolute atomic E-state index is 0.0573. The van der Waals surface area contributed by atoms with E-state index in [0.717, 1.165) is 13.0 Å². The molecule has 0 aliphatic heterocycles. The van der Waals surface area contributed by atoms with Crippen molar-refractivity contribution in [3.8, 4) is 0 Å². The van der Waals surface area contributed by atoms with Crippen LogP contribution in [0.15, 0.2) is 12.5 Å². The molecule has 0 saturated carbocycles. The second-order valence-electron chi connectivity index (χ2n) is 1.37. The topological polar surface area (TPSA) is 32.3 Å². The lowest BCUT2D eigenvalue weighted by Gasteiger charge is -1.97. The molecule has 0 rings (SSSR count). The van der Waals surface area contributed by atoms with Gasteiger partial charge in [0.15, 0.2) is 5.88 Å². The van der Waals surface area contributed by atoms with Crippen LogP contribution in [0.3, 0.4) is 0 Å². The van der Waals surface area contributed by atoms with E-state index in [4.69, 9.17) is 5.11 Å². The number of hydrogen-bond donors (Lipinski definition) is 2. The molecule has 0 unspecified atom stereocenters. The van der Waals surface area contributed by atoms with Crippen molar-refractivity contribution in [2.75, 3.05) is 6.54 Å². The van der Waals surface area contributed by atoms with Crippen LogP contribution in [-0.2, 0) is 0 Å². The highest BCUT2D eigenvalue weighted by Crippen LogP contribution is 1.73. The molecular formula is C5H11NO. The zero-order valence-electron chi connectivity index (χ0n) is 4.57. The molecule has 0 amide bonds. The molecule has 0 aromatic carbocycles. The van der Waals surface area contributed by atoms with Gasteiger partial charge in [0.25, 0.3) is 0 Å². The zero-order chi connectivity index (χ0) is 5.70. The van der Waals surface area contributed by atoms with Gasteiger partial charge in [0.05, 0.1) is 0 Å². The van der Waals surface area contributed by atoms with Gasteiger partial charge in [-0.3, -0.25) is 0 Å². The van der Waals surface area contributed by atoms with Crippen LogP contribution < -0.4 is 5.32 Å². The van der Waals surface area contributed by atoms with Crippen molar-refractivity contribution in [2.45, 2.75) is 13.3 Å². The van der Waals surface area contributed by atoms with E-state index in [1.54, 1.807) is 0 Å². The summed E-state index contributed by atoms with van der Waals surface area (Å²) in [5.74, 6) is 0.0573. The number of nitrogens with one attached hydrogen (secondary N) is 1. The highest BCUT2D eigenvalue weighted by Gasteiger charge is 1.79. The summed E-state index contributed by atoms with van der Waals surface area (Å²) in [5.41, 5.74) is 0. The summed E-state index contributed by atoms with van der Waals surface area (Å²) in [6, 6.07) is 0. The molecule has 0 heterocycles. The van der Waals surface area contributed by atoms with Gasteiger partial charge in [-0.05, 0) is 13.0 Å². The van der Waals surface area contributed by atoms with Crippen molar-refractivity contribution in [3.63, 3.8) is 0 Å². The molecule has 0 radical (unpaired) electrons. The van der Waals surface area contributed by atoms with Crippen LogP contribution in [0, 0.1) is 0 Å². The van der Waals surface area contributed by atoms with Gasteiger partial charge in [-0.15, -0.1) is 0 Å². The first-order valence-corrected chi connectivity index (χ1v) is 2.39. The fraction of sp³-hybridized carbons (Fsp3) is 0.600. The van der Waals surface area contributed by atoms with Crippen molar-refractivity contribution in [1.82, 2.24) is 5.32 Å². The fourth-order valence-corrected chi connectivity index (χ4v) is 0.269. The van der Waals surface area contributed by atoms with Crippen molar-refractivity contribution >= 4 is 0 Å². The average Bonchev–Trinajstić information content (AvgIpc) is 1.61. The smallest absolute Gasteiger partial charge is 0.176 e. The highest BCUT2D eigenvalue weighted by molar-refractivity contribution is 4.73. The maximum absolute atomic E-state index is 8.38. The molecule has 0 saturated heterocycles. The van der Waals surface area contributed by atoms with Gasteiger partial charge in [0.2, 0.25) is 0 Å². The van der Waals surface area contributed by atoms with Crippen molar-refractivity contribution in [2.24, 2.45) is 0 Å². The molecule has 42 valence electrons. The lowest BCUT2D eigenvalue weighted by Crippen LogP contribution is -2.11. The Morgan fingerprint density at radius 1 is 1.86 bits per heavy atom. The molecule has 0 bridgehead atoms. The van der Waals surface area contributed by atoms with E-state index in [1.165, 1.54) is 0 Å². The van der Waals surface area contributed by atoms with Crippen LogP contribution in [0.1, 0.15) is 13.3 Å². The molecule has 0 atom stereocenters. The minimum Gasteiger partial charge on any atom is -0.495 e. The monoisotopic (exact) mass is 101 g/mol. The SMILES string of the molecule is C=C(O)NCCC. The van der Waals surface area contributed by atoms with Crippen LogP contribution >= 0.6 is 0 Å². The predicted octanol–water partition coefficient (Wildman–Crippen LogP) is 1.02. The van der Waals surface area contributed by atoms with Crippen LogP contribution in [0.4, 0.5) is 0 Å². The van der Waals surface area contributed by atoms with Gasteiger partial charge in [-0.25, -0.2) is 0 Å². The largest absolute Gasteiger partial charge is 0.495 e. The molecule has 0 aliphatic carbocycles. The summed E-state index contributed by atoms with van der Waals surface area (Å²) < 4.78 is 0. The van der Waals surface area contributed by atoms with Crippen LogP contribution in [0.25, 0.3) is 0 Å². The normalized spacial score (nSPS) is 8.14. The maximum Gasteiger partial charge on any atom is 0.176 e. The van der Waals surface area contributed by atoms with Gasteiger partial charge >= 0.3 is 0 Å². The Morgan fingerprint density at radius 2 is 2.43 bits per heavy atom. The molecule has 0 fully saturated rings. The first-order valence-electron chi connectivity index (χ1n) is 2.39. The summed E-state index contributed by atoms with van der Waals surface area (Å²) in [6.45, 7) is 6.06. The Labute approximate surface area is 43.9 Å². The van der Waals surface area contributed by atoms with Crippen molar-refractivity contribution in [1.29, 1.82) is 0 Å². The molecule has 0 aromatic rings. The zero-order valence-corrected chi connectivity index (χ0v) is 4.57. The lowest BCUT2D eigenvalue weighted by atomic mass is 10.5. The van der Waals surface area contributed by atoms with Gasteiger partial charge in [0.1, 0.15) is 0 Å². The first-order chi connectivity index (χ1) is 3.27. The standard InChI is InChI=1S/C5H11NO/c1-3-4-6-5(2)7/h6-7H,2-4H2,1H3. The van der Waals surface area contributed by atoms with Crippen molar-refractivity contribution in [3.05, 3.63) is 12.5 Å². The molecule has 2 nitrogen and oxygen atoms in total. The lowest BCUT2D eigenvalue weighted by molar-refractivity contribution is 0.367. The predicted molar refractivity (Wildman–Crippen MR) is 30.1 cm³/mol. The third-order valence-corrected chi connectivity index (χ3v) is 0.579. The molecule has 0 aromatic heterocycles. The van der Waals surface area contributed by atoms with E-state index < -0.39 is 0 Å². The Morgan fingerprint density at radius 3 is 2.57 bits per heavy atom. The minimum atomic E-state index is 0.0573.